The van der Waals surface area contributed by atoms with Gasteiger partial charge in [0.2, 0.25) is 0 Å². The van der Waals surface area contributed by atoms with Crippen molar-refractivity contribution in [1.82, 2.24) is 0 Å². The van der Waals surface area contributed by atoms with E-state index in [-0.39, 0.29) is 17.7 Å². The largest absolute Gasteiger partial charge is 0.494 e. The number of aliphatic carboxylic acids is 1. The summed E-state index contributed by atoms with van der Waals surface area (Å²) in [6.07, 6.45) is -0.152. The molecule has 0 saturated carbocycles. The molecule has 5 heteroatoms. The van der Waals surface area contributed by atoms with Gasteiger partial charge >= 0.3 is 5.97 Å². The summed E-state index contributed by atoms with van der Waals surface area (Å²) in [6.45, 7) is 1.63. The Kier molecular flexibility index (Phi) is 4.12. The van der Waals surface area contributed by atoms with Gasteiger partial charge in [0.25, 0.3) is 0 Å². The van der Waals surface area contributed by atoms with Crippen molar-refractivity contribution in [3.63, 3.8) is 0 Å². The molecule has 16 heavy (non-hydrogen) atoms. The lowest BCUT2D eigenvalue weighted by Gasteiger charge is -2.13. The maximum atomic E-state index is 13.8. The highest BCUT2D eigenvalue weighted by Gasteiger charge is 2.18. The van der Waals surface area contributed by atoms with Crippen LogP contribution < -0.4 is 4.74 Å². The third-order valence-electron chi connectivity index (χ3n) is 2.26. The van der Waals surface area contributed by atoms with E-state index < -0.39 is 17.7 Å². The molecule has 1 rings (SSSR count). The summed E-state index contributed by atoms with van der Waals surface area (Å²) in [5.41, 5.74) is 0.256. The van der Waals surface area contributed by atoms with Crippen molar-refractivity contribution in [1.29, 1.82) is 0 Å². The number of hydrogen-bond donors (Lipinski definition) is 1. The molecule has 0 aliphatic heterocycles. The van der Waals surface area contributed by atoms with Crippen molar-refractivity contribution in [3.8, 4) is 5.75 Å². The number of hydrogen-bond acceptors (Lipinski definition) is 2. The minimum absolute atomic E-state index is 0.0275. The Balaban J connectivity index is 3.12. The normalized spacial score (nSPS) is 12.2. The summed E-state index contributed by atoms with van der Waals surface area (Å²) >= 11 is 5.79. The molecule has 1 atom stereocenters. The Hall–Kier alpha value is -1.29. The van der Waals surface area contributed by atoms with E-state index in [0.29, 0.717) is 5.02 Å². The number of carboxylic acids is 1. The predicted molar refractivity (Wildman–Crippen MR) is 58.6 cm³/mol. The Morgan fingerprint density at radius 2 is 2.25 bits per heavy atom. The molecule has 0 aliphatic carbocycles. The van der Waals surface area contributed by atoms with Crippen molar-refractivity contribution in [2.24, 2.45) is 0 Å². The summed E-state index contributed by atoms with van der Waals surface area (Å²) in [6, 6.07) is 2.78. The van der Waals surface area contributed by atoms with E-state index >= 15 is 0 Å². The van der Waals surface area contributed by atoms with Crippen LogP contribution >= 0.6 is 11.6 Å². The van der Waals surface area contributed by atoms with E-state index in [2.05, 4.69) is 0 Å². The standard InChI is InChI=1S/C11H12ClFO3/c1-6(3-10(14)15)8-4-7(12)5-9(16-2)11(8)13/h4-6H,3H2,1-2H3,(H,14,15). The van der Waals surface area contributed by atoms with E-state index in [9.17, 15) is 9.18 Å². The predicted octanol–water partition coefficient (Wildman–Crippen LogP) is 3.07. The zero-order chi connectivity index (χ0) is 12.3. The van der Waals surface area contributed by atoms with Gasteiger partial charge in [0.15, 0.2) is 11.6 Å². The maximum Gasteiger partial charge on any atom is 0.303 e. The Morgan fingerprint density at radius 3 is 2.75 bits per heavy atom. The minimum Gasteiger partial charge on any atom is -0.494 e. The summed E-state index contributed by atoms with van der Waals surface area (Å²) in [7, 11) is 1.33. The van der Waals surface area contributed by atoms with Gasteiger partial charge in [-0.2, -0.15) is 0 Å². The molecule has 0 heterocycles. The van der Waals surface area contributed by atoms with Crippen molar-refractivity contribution < 1.29 is 19.0 Å². The molecule has 1 aromatic rings. The van der Waals surface area contributed by atoms with Crippen LogP contribution in [0.1, 0.15) is 24.8 Å². The van der Waals surface area contributed by atoms with Gasteiger partial charge in [-0.25, -0.2) is 4.39 Å². The number of halogens is 2. The Morgan fingerprint density at radius 1 is 1.62 bits per heavy atom. The highest BCUT2D eigenvalue weighted by Crippen LogP contribution is 2.31. The first kappa shape index (κ1) is 12.8. The quantitative estimate of drug-likeness (QED) is 0.888. The highest BCUT2D eigenvalue weighted by molar-refractivity contribution is 6.30. The third kappa shape index (κ3) is 2.85. The van der Waals surface area contributed by atoms with E-state index in [1.807, 2.05) is 0 Å². The lowest BCUT2D eigenvalue weighted by molar-refractivity contribution is -0.137. The molecule has 0 spiro atoms. The van der Waals surface area contributed by atoms with Gasteiger partial charge in [-0.1, -0.05) is 18.5 Å². The molecule has 1 N–H and O–H groups in total. The second-order valence-corrected chi connectivity index (χ2v) is 3.95. The summed E-state index contributed by atoms with van der Waals surface area (Å²) < 4.78 is 18.6. The van der Waals surface area contributed by atoms with Gasteiger partial charge in [0.1, 0.15) is 0 Å². The fourth-order valence-corrected chi connectivity index (χ4v) is 1.68. The number of methoxy groups -OCH3 is 1. The smallest absolute Gasteiger partial charge is 0.303 e. The van der Waals surface area contributed by atoms with E-state index in [1.165, 1.54) is 19.2 Å². The van der Waals surface area contributed by atoms with Gasteiger partial charge in [-0.15, -0.1) is 0 Å². The average Bonchev–Trinajstić information content (AvgIpc) is 2.19. The molecule has 88 valence electrons. The van der Waals surface area contributed by atoms with Gasteiger partial charge < -0.3 is 9.84 Å². The Labute approximate surface area is 97.8 Å². The SMILES string of the molecule is COc1cc(Cl)cc(C(C)CC(=O)O)c1F. The highest BCUT2D eigenvalue weighted by atomic mass is 35.5. The molecule has 3 nitrogen and oxygen atoms in total. The Bertz CT molecular complexity index is 406. The van der Waals surface area contributed by atoms with Crippen molar-refractivity contribution >= 4 is 17.6 Å². The molecule has 0 saturated heterocycles. The molecule has 0 aromatic heterocycles. The summed E-state index contributed by atoms with van der Waals surface area (Å²) in [4.78, 5) is 10.5. The van der Waals surface area contributed by atoms with Crippen LogP contribution in [0.15, 0.2) is 12.1 Å². The van der Waals surface area contributed by atoms with Crippen LogP contribution in [-0.2, 0) is 4.79 Å². The average molecular weight is 247 g/mol. The lowest BCUT2D eigenvalue weighted by Crippen LogP contribution is -2.06. The van der Waals surface area contributed by atoms with Crippen LogP contribution in [0.2, 0.25) is 5.02 Å². The molecule has 1 aromatic carbocycles. The fourth-order valence-electron chi connectivity index (χ4n) is 1.46. The summed E-state index contributed by atoms with van der Waals surface area (Å²) in [5.74, 6) is -1.96. The van der Waals surface area contributed by atoms with Gasteiger partial charge in [-0.3, -0.25) is 4.79 Å². The molecule has 0 aliphatic rings. The molecule has 0 amide bonds. The van der Waals surface area contributed by atoms with E-state index in [0.717, 1.165) is 0 Å². The van der Waals surface area contributed by atoms with E-state index in [1.54, 1.807) is 6.92 Å². The van der Waals surface area contributed by atoms with Gasteiger partial charge in [-0.05, 0) is 17.5 Å². The second-order valence-electron chi connectivity index (χ2n) is 3.51. The third-order valence-corrected chi connectivity index (χ3v) is 2.48. The molecule has 0 fully saturated rings. The van der Waals surface area contributed by atoms with Crippen LogP contribution in [0.5, 0.6) is 5.75 Å². The topological polar surface area (TPSA) is 46.5 Å². The van der Waals surface area contributed by atoms with Gasteiger partial charge in [0.05, 0.1) is 13.5 Å². The fraction of sp³-hybridized carbons (Fsp3) is 0.364. The lowest BCUT2D eigenvalue weighted by atomic mass is 9.97. The molecular formula is C11H12ClFO3. The van der Waals surface area contributed by atoms with Crippen molar-refractivity contribution in [3.05, 3.63) is 28.5 Å². The van der Waals surface area contributed by atoms with Crippen LogP contribution in [0.25, 0.3) is 0 Å². The molecule has 0 radical (unpaired) electrons. The van der Waals surface area contributed by atoms with E-state index in [4.69, 9.17) is 21.4 Å². The molecule has 0 bridgehead atoms. The monoisotopic (exact) mass is 246 g/mol. The summed E-state index contributed by atoms with van der Waals surface area (Å²) in [5, 5.41) is 8.97. The first-order valence-corrected chi connectivity index (χ1v) is 5.08. The molecular weight excluding hydrogens is 235 g/mol. The second kappa shape index (κ2) is 5.16. The number of benzene rings is 1. The number of ether oxygens (including phenoxy) is 1. The zero-order valence-electron chi connectivity index (χ0n) is 8.96. The maximum absolute atomic E-state index is 13.8. The van der Waals surface area contributed by atoms with Crippen LogP contribution in [0, 0.1) is 5.82 Å². The first-order chi connectivity index (χ1) is 7.45. The van der Waals surface area contributed by atoms with Crippen molar-refractivity contribution in [2.45, 2.75) is 19.3 Å². The van der Waals surface area contributed by atoms with Crippen molar-refractivity contribution in [2.75, 3.05) is 7.11 Å². The number of rotatable bonds is 4. The zero-order valence-corrected chi connectivity index (χ0v) is 9.71. The number of carboxylic acid groups (broad SMARTS) is 1. The van der Waals surface area contributed by atoms with Crippen LogP contribution in [0.4, 0.5) is 4.39 Å². The number of carbonyl (C=O) groups is 1. The molecule has 1 unspecified atom stereocenters. The minimum atomic E-state index is -0.981. The van der Waals surface area contributed by atoms with Crippen LogP contribution in [-0.4, -0.2) is 18.2 Å². The van der Waals surface area contributed by atoms with Gasteiger partial charge in [0, 0.05) is 11.1 Å². The van der Waals surface area contributed by atoms with Crippen LogP contribution in [0.3, 0.4) is 0 Å². The first-order valence-electron chi connectivity index (χ1n) is 4.70.